The van der Waals surface area contributed by atoms with E-state index in [2.05, 4.69) is 288 Å². The van der Waals surface area contributed by atoms with Gasteiger partial charge in [-0.25, -0.2) is 0 Å². The average Bonchev–Trinajstić information content (AvgIpc) is 3.97. The first kappa shape index (κ1) is 43.5. The minimum atomic E-state index is -0.392. The van der Waals surface area contributed by atoms with E-state index in [1.807, 2.05) is 6.07 Å². The van der Waals surface area contributed by atoms with E-state index in [0.717, 1.165) is 72.1 Å². The fourth-order valence-electron chi connectivity index (χ4n) is 10.6. The van der Waals surface area contributed by atoms with Gasteiger partial charge in [-0.05, 0) is 134 Å². The van der Waals surface area contributed by atoms with Gasteiger partial charge in [0.1, 0.15) is 0 Å². The molecule has 0 saturated heterocycles. The Balaban J connectivity index is 0.958. The summed E-state index contributed by atoms with van der Waals surface area (Å²) in [5, 5.41) is 4.73. The van der Waals surface area contributed by atoms with Gasteiger partial charge in [0.15, 0.2) is 0 Å². The molecule has 0 fully saturated rings. The van der Waals surface area contributed by atoms with Crippen molar-refractivity contribution in [2.75, 3.05) is 5.43 Å². The number of para-hydroxylation sites is 1. The number of hydrogen-bond donors (Lipinski definition) is 2. The zero-order valence-electron chi connectivity index (χ0n) is 40.1. The van der Waals surface area contributed by atoms with Crippen molar-refractivity contribution < 1.29 is 0 Å². The van der Waals surface area contributed by atoms with Crippen molar-refractivity contribution in [2.24, 2.45) is 5.73 Å². The van der Waals surface area contributed by atoms with Gasteiger partial charge >= 0.3 is 0 Å². The van der Waals surface area contributed by atoms with Crippen LogP contribution < -0.4 is 11.2 Å². The molecular formula is C69H50N4. The van der Waals surface area contributed by atoms with E-state index in [1.54, 1.807) is 0 Å². The number of rotatable bonds is 11. The molecule has 0 spiro atoms. The highest BCUT2D eigenvalue weighted by Gasteiger charge is 2.19. The third-order valence-corrected chi connectivity index (χ3v) is 14.4. The Hall–Kier alpha value is -9.48. The molecule has 0 aliphatic heterocycles. The van der Waals surface area contributed by atoms with E-state index in [1.165, 1.54) is 49.6 Å². The van der Waals surface area contributed by atoms with Crippen molar-refractivity contribution in [3.8, 4) is 61.3 Å². The van der Waals surface area contributed by atoms with E-state index in [-0.39, 0.29) is 0 Å². The second-order valence-electron chi connectivity index (χ2n) is 18.8. The maximum Gasteiger partial charge on any atom is 0.0710 e. The summed E-state index contributed by atoms with van der Waals surface area (Å²) >= 11 is 0. The van der Waals surface area contributed by atoms with E-state index < -0.39 is 6.04 Å². The van der Waals surface area contributed by atoms with Gasteiger partial charge in [0, 0.05) is 27.2 Å². The van der Waals surface area contributed by atoms with Crippen LogP contribution in [0.4, 0.5) is 0 Å². The molecule has 4 nitrogen and oxygen atoms in total. The highest BCUT2D eigenvalue weighted by Crippen LogP contribution is 2.40. The lowest BCUT2D eigenvalue weighted by Gasteiger charge is -2.18. The lowest BCUT2D eigenvalue weighted by Crippen LogP contribution is -2.16. The summed E-state index contributed by atoms with van der Waals surface area (Å²) in [5.74, 6) is 0. The minimum absolute atomic E-state index is 0.392. The van der Waals surface area contributed by atoms with Gasteiger partial charge in [-0.15, -0.1) is 0 Å². The van der Waals surface area contributed by atoms with E-state index >= 15 is 0 Å². The van der Waals surface area contributed by atoms with Gasteiger partial charge in [0.25, 0.3) is 0 Å². The number of nitrogens with two attached hydrogens (primary N) is 1. The largest absolute Gasteiger partial charge is 0.321 e. The first-order valence-electron chi connectivity index (χ1n) is 25.0. The van der Waals surface area contributed by atoms with Crippen LogP contribution in [0, 0.1) is 0 Å². The Morgan fingerprint density at radius 1 is 0.329 bits per heavy atom. The van der Waals surface area contributed by atoms with Crippen LogP contribution in [0.3, 0.4) is 0 Å². The third-order valence-electron chi connectivity index (χ3n) is 14.4. The normalized spacial score (nSPS) is 12.2. The quantitative estimate of drug-likeness (QED) is 0.136. The van der Waals surface area contributed by atoms with Crippen molar-refractivity contribution in [3.05, 3.63) is 290 Å². The Bertz CT molecular complexity index is 4120. The second-order valence-corrected chi connectivity index (χ2v) is 18.8. The maximum atomic E-state index is 7.19. The number of hydrogen-bond acceptors (Lipinski definition) is 2. The standard InChI is InChI=1S/C69H50N4/c70-64(53-30-26-51(27-31-53)47-16-6-1-7-17-47)46-65(54-32-28-52(29-33-54)48-18-8-2-9-19-48)71-73-68-40-36-56(50-22-12-4-13-23-50)43-62(68)63-45-58(37-41-69(63)73)57-35-39-67-61(44-57)60-42-55(49-20-10-3-11-21-49)34-38-66(60)72(67)59-24-14-5-15-25-59/h1-46,64,71H,70H2/b65-46-. The van der Waals surface area contributed by atoms with Crippen LogP contribution in [0.15, 0.2) is 279 Å². The molecule has 13 aromatic rings. The smallest absolute Gasteiger partial charge is 0.0710 e. The van der Waals surface area contributed by atoms with Crippen molar-refractivity contribution in [1.82, 2.24) is 9.24 Å². The Kier molecular flexibility index (Phi) is 11.1. The van der Waals surface area contributed by atoms with Gasteiger partial charge < -0.3 is 10.3 Å². The number of nitrogens with one attached hydrogen (secondary N) is 1. The zero-order chi connectivity index (χ0) is 48.7. The van der Waals surface area contributed by atoms with Crippen molar-refractivity contribution in [2.45, 2.75) is 6.04 Å². The molecule has 0 bridgehead atoms. The molecule has 1 atom stereocenters. The van der Waals surface area contributed by atoms with Crippen LogP contribution in [0.1, 0.15) is 17.2 Å². The fourth-order valence-corrected chi connectivity index (χ4v) is 10.6. The fraction of sp³-hybridized carbons (Fsp3) is 0.0145. The molecule has 2 heterocycles. The first-order valence-corrected chi connectivity index (χ1v) is 25.0. The highest BCUT2D eigenvalue weighted by atomic mass is 15.4. The lowest BCUT2D eigenvalue weighted by molar-refractivity contribution is 0.907. The van der Waals surface area contributed by atoms with Crippen molar-refractivity contribution in [3.63, 3.8) is 0 Å². The molecule has 3 N–H and O–H groups in total. The monoisotopic (exact) mass is 934 g/mol. The van der Waals surface area contributed by atoms with Crippen molar-refractivity contribution >= 4 is 49.3 Å². The predicted octanol–water partition coefficient (Wildman–Crippen LogP) is 17.5. The van der Waals surface area contributed by atoms with Gasteiger partial charge in [0.2, 0.25) is 0 Å². The highest BCUT2D eigenvalue weighted by molar-refractivity contribution is 6.13. The number of benzene rings is 11. The minimum Gasteiger partial charge on any atom is -0.321 e. The topological polar surface area (TPSA) is 47.9 Å². The molecule has 0 amide bonds. The summed E-state index contributed by atoms with van der Waals surface area (Å²) in [7, 11) is 0. The van der Waals surface area contributed by atoms with Crippen LogP contribution in [0.25, 0.3) is 111 Å². The average molecular weight is 935 g/mol. The third kappa shape index (κ3) is 8.26. The van der Waals surface area contributed by atoms with Crippen LogP contribution in [0.5, 0.6) is 0 Å². The molecule has 0 aliphatic rings. The van der Waals surface area contributed by atoms with Gasteiger partial charge in [0.05, 0.1) is 33.8 Å². The SMILES string of the molecule is NC(/C=C(\Nn1c2ccc(-c3ccccc3)cc2c2cc(-c3ccc4c(c3)c3cc(-c5ccccc5)ccc3n4-c3ccccc3)ccc21)c1ccc(-c2ccccc2)cc1)c1ccc(-c2ccccc2)cc1. The summed E-state index contributed by atoms with van der Waals surface area (Å²) in [6.45, 7) is 0. The molecule has 73 heavy (non-hydrogen) atoms. The number of aromatic nitrogens is 2. The molecule has 4 heteroatoms. The van der Waals surface area contributed by atoms with E-state index in [9.17, 15) is 0 Å². The van der Waals surface area contributed by atoms with Gasteiger partial charge in [-0.1, -0.05) is 212 Å². The number of nitrogens with zero attached hydrogens (tertiary/aromatic N) is 2. The summed E-state index contributed by atoms with van der Waals surface area (Å²) in [4.78, 5) is 0. The second kappa shape index (κ2) is 18.7. The molecule has 346 valence electrons. The molecule has 0 aliphatic carbocycles. The zero-order valence-corrected chi connectivity index (χ0v) is 40.1. The molecule has 0 radical (unpaired) electrons. The molecule has 2 aromatic heterocycles. The molecular weight excluding hydrogens is 885 g/mol. The van der Waals surface area contributed by atoms with Crippen LogP contribution in [0.2, 0.25) is 0 Å². The Morgan fingerprint density at radius 2 is 0.644 bits per heavy atom. The van der Waals surface area contributed by atoms with E-state index in [4.69, 9.17) is 5.73 Å². The number of fused-ring (bicyclic) bond motifs is 6. The Labute approximate surface area is 425 Å². The van der Waals surface area contributed by atoms with Crippen molar-refractivity contribution in [1.29, 1.82) is 0 Å². The van der Waals surface area contributed by atoms with E-state index in [0.29, 0.717) is 0 Å². The lowest BCUT2D eigenvalue weighted by atomic mass is 9.98. The first-order chi connectivity index (χ1) is 36.1. The molecule has 11 aromatic carbocycles. The molecule has 1 unspecified atom stereocenters. The van der Waals surface area contributed by atoms with Gasteiger partial charge in [-0.3, -0.25) is 10.1 Å². The molecule has 0 saturated carbocycles. The van der Waals surface area contributed by atoms with Crippen LogP contribution in [-0.4, -0.2) is 9.24 Å². The summed E-state index contributed by atoms with van der Waals surface area (Å²) in [6.07, 6.45) is 2.16. The van der Waals surface area contributed by atoms with Crippen LogP contribution >= 0.6 is 0 Å². The predicted molar refractivity (Wildman–Crippen MR) is 308 cm³/mol. The van der Waals surface area contributed by atoms with Gasteiger partial charge in [-0.2, -0.15) is 0 Å². The summed E-state index contributed by atoms with van der Waals surface area (Å²) < 4.78 is 4.63. The van der Waals surface area contributed by atoms with Crippen LogP contribution in [-0.2, 0) is 0 Å². The maximum absolute atomic E-state index is 7.19. The Morgan fingerprint density at radius 3 is 1.07 bits per heavy atom. The summed E-state index contributed by atoms with van der Waals surface area (Å²) in [6, 6.07) is 97.6. The summed E-state index contributed by atoms with van der Waals surface area (Å²) in [5.41, 5.74) is 31.4. The molecule has 13 rings (SSSR count).